The third-order valence-electron chi connectivity index (χ3n) is 3.97. The van der Waals surface area contributed by atoms with Crippen LogP contribution in [0.1, 0.15) is 32.2 Å². The number of rotatable bonds is 7. The predicted octanol–water partition coefficient (Wildman–Crippen LogP) is 4.57. The van der Waals surface area contributed by atoms with E-state index in [-0.39, 0.29) is 5.75 Å². The van der Waals surface area contributed by atoms with Crippen molar-refractivity contribution in [2.45, 2.75) is 34.1 Å². The molecule has 2 rings (SSSR count). The highest BCUT2D eigenvalue weighted by Crippen LogP contribution is 2.31. The van der Waals surface area contributed by atoms with Crippen LogP contribution >= 0.6 is 0 Å². The summed E-state index contributed by atoms with van der Waals surface area (Å²) in [7, 11) is 0. The fourth-order valence-corrected chi connectivity index (χ4v) is 2.49. The maximum absolute atomic E-state index is 10.3. The number of H-pyrrole nitrogens is 1. The summed E-state index contributed by atoms with van der Waals surface area (Å²) in [6, 6.07) is 0. The van der Waals surface area contributed by atoms with E-state index in [4.69, 9.17) is 0 Å². The summed E-state index contributed by atoms with van der Waals surface area (Å²) >= 11 is 0. The minimum atomic E-state index is 0.227. The molecule has 0 fully saturated rings. The lowest BCUT2D eigenvalue weighted by atomic mass is 10.2. The van der Waals surface area contributed by atoms with Gasteiger partial charge in [-0.15, -0.1) is 0 Å². The second-order valence-electron chi connectivity index (χ2n) is 5.82. The van der Waals surface area contributed by atoms with Gasteiger partial charge in [0.15, 0.2) is 0 Å². The first kappa shape index (κ1) is 19.2. The van der Waals surface area contributed by atoms with Crippen LogP contribution in [0, 0.1) is 6.92 Å². The number of aromatic hydroxyl groups is 1. The Kier molecular flexibility index (Phi) is 6.11. The molecule has 0 aliphatic carbocycles. The summed E-state index contributed by atoms with van der Waals surface area (Å²) < 4.78 is 0. The van der Waals surface area contributed by atoms with Gasteiger partial charge in [-0.1, -0.05) is 32.2 Å². The van der Waals surface area contributed by atoms with E-state index in [0.29, 0.717) is 34.8 Å². The molecule has 0 amide bonds. The minimum Gasteiger partial charge on any atom is -0.505 e. The minimum absolute atomic E-state index is 0.227. The van der Waals surface area contributed by atoms with Crippen LogP contribution in [0.15, 0.2) is 53.3 Å². The number of fused-ring (bicyclic) bond motifs is 1. The monoisotopic (exact) mass is 351 g/mol. The van der Waals surface area contributed by atoms with Crippen molar-refractivity contribution in [3.63, 3.8) is 0 Å². The lowest BCUT2D eigenvalue weighted by Gasteiger charge is -2.08. The van der Waals surface area contributed by atoms with Gasteiger partial charge in [0.1, 0.15) is 11.4 Å². The van der Waals surface area contributed by atoms with Crippen LogP contribution in [-0.4, -0.2) is 26.3 Å². The molecule has 0 bridgehead atoms. The lowest BCUT2D eigenvalue weighted by Crippen LogP contribution is -2.04. The summed E-state index contributed by atoms with van der Waals surface area (Å²) in [6.07, 6.45) is 7.75. The van der Waals surface area contributed by atoms with Gasteiger partial charge in [-0.05, 0) is 38.8 Å². The average Bonchev–Trinajstić information content (AvgIpc) is 2.94. The highest BCUT2D eigenvalue weighted by atomic mass is 16.3. The standard InChI is InChI=1S/C20H25N5O/c1-7-10-21-13(5)12(4)11-15(8-2)23-20-22-14(6)17-18(26)16(9-3)24-19(17)25-20/h7-8,10-11,26H,1,5,9H2,2-4,6H3,(H2,22,23,24,25)/b12-11-,15-8+,21-10?. The van der Waals surface area contributed by atoms with Crippen molar-refractivity contribution in [2.75, 3.05) is 5.32 Å². The molecule has 2 aromatic rings. The number of aryl methyl sites for hydroxylation is 2. The van der Waals surface area contributed by atoms with Gasteiger partial charge in [0.25, 0.3) is 0 Å². The number of nitrogens with zero attached hydrogens (tertiary/aromatic N) is 3. The normalized spacial score (nSPS) is 12.8. The first-order chi connectivity index (χ1) is 12.4. The molecule has 3 N–H and O–H groups in total. The van der Waals surface area contributed by atoms with Gasteiger partial charge >= 0.3 is 0 Å². The third-order valence-corrected chi connectivity index (χ3v) is 3.97. The highest BCUT2D eigenvalue weighted by molar-refractivity contribution is 5.87. The van der Waals surface area contributed by atoms with Crippen molar-refractivity contribution in [1.82, 2.24) is 15.0 Å². The van der Waals surface area contributed by atoms with Crippen molar-refractivity contribution in [1.29, 1.82) is 0 Å². The number of aromatic nitrogens is 3. The molecular weight excluding hydrogens is 326 g/mol. The third kappa shape index (κ3) is 4.08. The summed E-state index contributed by atoms with van der Waals surface area (Å²) in [4.78, 5) is 16.3. The van der Waals surface area contributed by atoms with Crippen molar-refractivity contribution in [2.24, 2.45) is 4.99 Å². The number of nitrogens with one attached hydrogen (secondary N) is 2. The fraction of sp³-hybridized carbons (Fsp3) is 0.250. The van der Waals surface area contributed by atoms with Gasteiger partial charge in [-0.3, -0.25) is 4.99 Å². The Morgan fingerprint density at radius 1 is 1.38 bits per heavy atom. The molecule has 6 heteroatoms. The Morgan fingerprint density at radius 2 is 2.12 bits per heavy atom. The molecule has 0 spiro atoms. The summed E-state index contributed by atoms with van der Waals surface area (Å²) in [5, 5.41) is 14.1. The molecule has 0 aliphatic heterocycles. The molecule has 0 aromatic carbocycles. The van der Waals surface area contributed by atoms with Gasteiger partial charge < -0.3 is 15.4 Å². The van der Waals surface area contributed by atoms with Crippen LogP contribution in [-0.2, 0) is 6.42 Å². The van der Waals surface area contributed by atoms with Crippen molar-refractivity contribution in [3.8, 4) is 5.75 Å². The fourth-order valence-electron chi connectivity index (χ4n) is 2.49. The number of aromatic amines is 1. The second-order valence-corrected chi connectivity index (χ2v) is 5.82. The quantitative estimate of drug-likeness (QED) is 0.504. The first-order valence-electron chi connectivity index (χ1n) is 8.45. The Balaban J connectivity index is 2.32. The number of hydrogen-bond donors (Lipinski definition) is 3. The Bertz CT molecular complexity index is 931. The first-order valence-corrected chi connectivity index (χ1v) is 8.45. The van der Waals surface area contributed by atoms with Crippen molar-refractivity contribution < 1.29 is 5.11 Å². The molecule has 0 unspecified atom stereocenters. The molecule has 2 heterocycles. The van der Waals surface area contributed by atoms with E-state index < -0.39 is 0 Å². The molecule has 0 saturated carbocycles. The predicted molar refractivity (Wildman–Crippen MR) is 109 cm³/mol. The molecule has 136 valence electrons. The molecule has 0 aliphatic rings. The van der Waals surface area contributed by atoms with Crippen LogP contribution in [0.25, 0.3) is 11.0 Å². The maximum atomic E-state index is 10.3. The van der Waals surface area contributed by atoms with Gasteiger partial charge in [0, 0.05) is 11.9 Å². The molecule has 0 radical (unpaired) electrons. The van der Waals surface area contributed by atoms with Crippen LogP contribution in [0.2, 0.25) is 0 Å². The van der Waals surface area contributed by atoms with E-state index in [9.17, 15) is 5.11 Å². The van der Waals surface area contributed by atoms with Crippen LogP contribution in [0.3, 0.4) is 0 Å². The van der Waals surface area contributed by atoms with E-state index >= 15 is 0 Å². The van der Waals surface area contributed by atoms with Gasteiger partial charge in [-0.25, -0.2) is 4.98 Å². The number of aliphatic imine (C=N–C) groups is 1. The van der Waals surface area contributed by atoms with E-state index in [1.807, 2.05) is 39.8 Å². The average molecular weight is 351 g/mol. The Morgan fingerprint density at radius 3 is 2.73 bits per heavy atom. The van der Waals surface area contributed by atoms with Crippen molar-refractivity contribution in [3.05, 3.63) is 59.7 Å². The SMILES string of the molecule is C=CC=NC(=C)/C(C)=C\C(=C/C)Nc1nc(C)c2c(O)c(CC)[nH]c2n1. The lowest BCUT2D eigenvalue weighted by molar-refractivity contribution is 0.474. The zero-order valence-electron chi connectivity index (χ0n) is 15.7. The molecule has 0 atom stereocenters. The molecule has 6 nitrogen and oxygen atoms in total. The zero-order valence-corrected chi connectivity index (χ0v) is 15.7. The van der Waals surface area contributed by atoms with E-state index in [1.165, 1.54) is 0 Å². The van der Waals surface area contributed by atoms with E-state index in [0.717, 1.165) is 17.0 Å². The van der Waals surface area contributed by atoms with Gasteiger partial charge in [-0.2, -0.15) is 4.98 Å². The van der Waals surface area contributed by atoms with Gasteiger partial charge in [0.05, 0.1) is 22.5 Å². The highest BCUT2D eigenvalue weighted by Gasteiger charge is 2.15. The Labute approximate surface area is 153 Å². The zero-order chi connectivity index (χ0) is 19.3. The number of anilines is 1. The van der Waals surface area contributed by atoms with Crippen LogP contribution in [0.5, 0.6) is 5.75 Å². The van der Waals surface area contributed by atoms with Gasteiger partial charge in [0.2, 0.25) is 5.95 Å². The molecular formula is C20H25N5O. The summed E-state index contributed by atoms with van der Waals surface area (Å²) in [6.45, 7) is 15.2. The molecule has 26 heavy (non-hydrogen) atoms. The topological polar surface area (TPSA) is 86.2 Å². The Hall–Kier alpha value is -3.15. The smallest absolute Gasteiger partial charge is 0.229 e. The molecule has 0 saturated heterocycles. The summed E-state index contributed by atoms with van der Waals surface area (Å²) in [5.41, 5.74) is 4.47. The van der Waals surface area contributed by atoms with Crippen molar-refractivity contribution >= 4 is 23.2 Å². The largest absolute Gasteiger partial charge is 0.505 e. The second kappa shape index (κ2) is 8.29. The van der Waals surface area contributed by atoms with Crippen LogP contribution in [0.4, 0.5) is 5.95 Å². The summed E-state index contributed by atoms with van der Waals surface area (Å²) in [5.74, 6) is 0.682. The maximum Gasteiger partial charge on any atom is 0.229 e. The number of hydrogen-bond acceptors (Lipinski definition) is 5. The van der Waals surface area contributed by atoms with Crippen LogP contribution < -0.4 is 5.32 Å². The number of allylic oxidation sites excluding steroid dienone is 4. The van der Waals surface area contributed by atoms with E-state index in [1.54, 1.807) is 12.3 Å². The van der Waals surface area contributed by atoms with E-state index in [2.05, 4.69) is 38.4 Å². The molecule has 2 aromatic heterocycles.